The fourth-order valence-electron chi connectivity index (χ4n) is 2.96. The average molecular weight is 329 g/mol. The van der Waals surface area contributed by atoms with Crippen LogP contribution >= 0.6 is 0 Å². The molecule has 0 N–H and O–H groups in total. The van der Waals surface area contributed by atoms with E-state index in [1.807, 2.05) is 42.2 Å². The summed E-state index contributed by atoms with van der Waals surface area (Å²) < 4.78 is 10.4. The van der Waals surface area contributed by atoms with Crippen LogP contribution in [-0.2, 0) is 17.9 Å². The third kappa shape index (κ3) is 4.01. The Morgan fingerprint density at radius 3 is 2.71 bits per heavy atom. The molecule has 1 aliphatic heterocycles. The maximum atomic E-state index is 12.7. The number of carbonyl (C=O) groups excluding carboxylic acids is 1. The number of methoxy groups -OCH3 is 1. The van der Waals surface area contributed by atoms with Crippen LogP contribution in [0, 0.1) is 6.92 Å². The van der Waals surface area contributed by atoms with Gasteiger partial charge in [0.05, 0.1) is 18.8 Å². The lowest BCUT2D eigenvalue weighted by Gasteiger charge is -2.34. The molecule has 0 aliphatic carbocycles. The summed E-state index contributed by atoms with van der Waals surface area (Å²) in [6.45, 7) is 6.30. The summed E-state index contributed by atoms with van der Waals surface area (Å²) in [5.74, 6) is 0.961. The first-order valence-corrected chi connectivity index (χ1v) is 8.17. The van der Waals surface area contributed by atoms with Crippen molar-refractivity contribution >= 4 is 5.91 Å². The Hall–Kier alpha value is -2.18. The predicted octanol–water partition coefficient (Wildman–Crippen LogP) is 2.09. The van der Waals surface area contributed by atoms with E-state index in [0.29, 0.717) is 6.61 Å². The Morgan fingerprint density at radius 2 is 2.04 bits per heavy atom. The normalized spacial score (nSPS) is 15.7. The van der Waals surface area contributed by atoms with E-state index in [-0.39, 0.29) is 5.91 Å². The summed E-state index contributed by atoms with van der Waals surface area (Å²) in [4.78, 5) is 16.9. The number of nitrogens with zero attached hydrogens (tertiary/aromatic N) is 3. The maximum absolute atomic E-state index is 12.7. The molecule has 128 valence electrons. The molecule has 2 heterocycles. The Morgan fingerprint density at radius 1 is 1.25 bits per heavy atom. The summed E-state index contributed by atoms with van der Waals surface area (Å²) in [6.07, 6.45) is 0. The van der Waals surface area contributed by atoms with Crippen molar-refractivity contribution in [1.29, 1.82) is 0 Å². The second-order valence-corrected chi connectivity index (χ2v) is 6.14. The number of aryl methyl sites for hydroxylation is 1. The highest BCUT2D eigenvalue weighted by atomic mass is 16.5. The van der Waals surface area contributed by atoms with E-state index < -0.39 is 0 Å². The SMILES string of the molecule is COCc1cccc(C(=O)N2CCN(Cc3cc(C)no3)CC2)c1. The van der Waals surface area contributed by atoms with Gasteiger partial charge in [-0.05, 0) is 24.6 Å². The topological polar surface area (TPSA) is 58.8 Å². The number of amides is 1. The van der Waals surface area contributed by atoms with Crippen LogP contribution in [0.2, 0.25) is 0 Å². The molecule has 6 heteroatoms. The van der Waals surface area contributed by atoms with Crippen molar-refractivity contribution in [3.8, 4) is 0 Å². The zero-order valence-corrected chi connectivity index (χ0v) is 14.2. The van der Waals surface area contributed by atoms with Gasteiger partial charge in [-0.3, -0.25) is 9.69 Å². The van der Waals surface area contributed by atoms with Crippen LogP contribution < -0.4 is 0 Å². The van der Waals surface area contributed by atoms with Crippen LogP contribution in [0.4, 0.5) is 0 Å². The van der Waals surface area contributed by atoms with Crippen LogP contribution in [0.25, 0.3) is 0 Å². The Balaban J connectivity index is 1.56. The lowest BCUT2D eigenvalue weighted by Crippen LogP contribution is -2.48. The first-order chi connectivity index (χ1) is 11.7. The van der Waals surface area contributed by atoms with Crippen molar-refractivity contribution in [3.05, 3.63) is 52.9 Å². The molecule has 0 atom stereocenters. The van der Waals surface area contributed by atoms with E-state index in [9.17, 15) is 4.79 Å². The van der Waals surface area contributed by atoms with E-state index in [4.69, 9.17) is 9.26 Å². The van der Waals surface area contributed by atoms with Gasteiger partial charge in [-0.25, -0.2) is 0 Å². The fourth-order valence-corrected chi connectivity index (χ4v) is 2.96. The Kier molecular flexibility index (Phi) is 5.27. The lowest BCUT2D eigenvalue weighted by atomic mass is 10.1. The first kappa shape index (κ1) is 16.7. The van der Waals surface area contributed by atoms with Crippen molar-refractivity contribution in [3.63, 3.8) is 0 Å². The van der Waals surface area contributed by atoms with Gasteiger partial charge in [0.25, 0.3) is 5.91 Å². The zero-order valence-electron chi connectivity index (χ0n) is 14.2. The van der Waals surface area contributed by atoms with Crippen molar-refractivity contribution in [2.45, 2.75) is 20.1 Å². The minimum atomic E-state index is 0.0862. The van der Waals surface area contributed by atoms with Gasteiger partial charge in [0.1, 0.15) is 0 Å². The number of rotatable bonds is 5. The Bertz CT molecular complexity index is 690. The Labute approximate surface area is 142 Å². The third-order valence-corrected chi connectivity index (χ3v) is 4.20. The average Bonchev–Trinajstić information content (AvgIpc) is 3.00. The molecule has 0 bridgehead atoms. The van der Waals surface area contributed by atoms with Crippen molar-refractivity contribution in [2.24, 2.45) is 0 Å². The molecule has 0 spiro atoms. The van der Waals surface area contributed by atoms with Crippen LogP contribution in [0.1, 0.15) is 27.4 Å². The fraction of sp³-hybridized carbons (Fsp3) is 0.444. The minimum absolute atomic E-state index is 0.0862. The van der Waals surface area contributed by atoms with Crippen LogP contribution in [0.15, 0.2) is 34.9 Å². The van der Waals surface area contributed by atoms with E-state index in [0.717, 1.165) is 55.3 Å². The molecule has 0 saturated carbocycles. The van der Waals surface area contributed by atoms with Crippen LogP contribution in [-0.4, -0.2) is 54.2 Å². The standard InChI is InChI=1S/C18H23N3O3/c1-14-10-17(24-19-14)12-20-6-8-21(9-7-20)18(22)16-5-3-4-15(11-16)13-23-2/h3-5,10-11H,6-9,12-13H2,1-2H3. The summed E-state index contributed by atoms with van der Waals surface area (Å²) in [7, 11) is 1.66. The number of aromatic nitrogens is 1. The highest BCUT2D eigenvalue weighted by Gasteiger charge is 2.23. The molecule has 1 saturated heterocycles. The largest absolute Gasteiger partial charge is 0.380 e. The lowest BCUT2D eigenvalue weighted by molar-refractivity contribution is 0.0617. The monoisotopic (exact) mass is 329 g/mol. The molecule has 3 rings (SSSR count). The second kappa shape index (κ2) is 7.59. The molecule has 0 radical (unpaired) electrons. The highest BCUT2D eigenvalue weighted by Crippen LogP contribution is 2.14. The number of ether oxygens (including phenoxy) is 1. The summed E-state index contributed by atoms with van der Waals surface area (Å²) in [5, 5.41) is 3.91. The van der Waals surface area contributed by atoms with Gasteiger partial charge in [-0.1, -0.05) is 17.3 Å². The maximum Gasteiger partial charge on any atom is 0.253 e. The second-order valence-electron chi connectivity index (χ2n) is 6.14. The van der Waals surface area contributed by atoms with Crippen LogP contribution in [0.3, 0.4) is 0 Å². The molecule has 1 aromatic carbocycles. The van der Waals surface area contributed by atoms with E-state index in [1.54, 1.807) is 7.11 Å². The molecule has 1 aliphatic rings. The number of piperazine rings is 1. The summed E-state index contributed by atoms with van der Waals surface area (Å²) in [6, 6.07) is 9.61. The molecule has 1 fully saturated rings. The van der Waals surface area contributed by atoms with Gasteiger partial charge in [0, 0.05) is 44.9 Å². The van der Waals surface area contributed by atoms with Gasteiger partial charge in [-0.2, -0.15) is 0 Å². The highest BCUT2D eigenvalue weighted by molar-refractivity contribution is 5.94. The number of hydrogen-bond acceptors (Lipinski definition) is 5. The van der Waals surface area contributed by atoms with Crippen molar-refractivity contribution < 1.29 is 14.1 Å². The third-order valence-electron chi connectivity index (χ3n) is 4.20. The molecule has 1 aromatic heterocycles. The zero-order chi connectivity index (χ0) is 16.9. The van der Waals surface area contributed by atoms with Crippen molar-refractivity contribution in [1.82, 2.24) is 15.0 Å². The van der Waals surface area contributed by atoms with E-state index in [1.165, 1.54) is 0 Å². The number of hydrogen-bond donors (Lipinski definition) is 0. The molecule has 2 aromatic rings. The first-order valence-electron chi connectivity index (χ1n) is 8.17. The smallest absolute Gasteiger partial charge is 0.253 e. The van der Waals surface area contributed by atoms with Crippen LogP contribution in [0.5, 0.6) is 0 Å². The van der Waals surface area contributed by atoms with Gasteiger partial charge in [0.15, 0.2) is 5.76 Å². The molecular weight excluding hydrogens is 306 g/mol. The molecule has 24 heavy (non-hydrogen) atoms. The number of benzene rings is 1. The van der Waals surface area contributed by atoms with Gasteiger partial charge < -0.3 is 14.2 Å². The minimum Gasteiger partial charge on any atom is -0.380 e. The predicted molar refractivity (Wildman–Crippen MR) is 89.6 cm³/mol. The van der Waals surface area contributed by atoms with E-state index >= 15 is 0 Å². The van der Waals surface area contributed by atoms with Gasteiger partial charge in [0.2, 0.25) is 0 Å². The molecule has 6 nitrogen and oxygen atoms in total. The molecular formula is C18H23N3O3. The van der Waals surface area contributed by atoms with Gasteiger partial charge >= 0.3 is 0 Å². The van der Waals surface area contributed by atoms with Crippen molar-refractivity contribution in [2.75, 3.05) is 33.3 Å². The quantitative estimate of drug-likeness (QED) is 0.841. The summed E-state index contributed by atoms with van der Waals surface area (Å²) >= 11 is 0. The number of carbonyl (C=O) groups is 1. The molecule has 0 unspecified atom stereocenters. The summed E-state index contributed by atoms with van der Waals surface area (Å²) in [5.41, 5.74) is 2.64. The van der Waals surface area contributed by atoms with E-state index in [2.05, 4.69) is 10.1 Å². The van der Waals surface area contributed by atoms with Gasteiger partial charge in [-0.15, -0.1) is 0 Å². The molecule has 1 amide bonds.